The standard InChI is InChI=1S/C10H23N3O5S2/c1-8(2)7-19(15,16)13-12-10(14)5-6-11-20(17,18)9(3)4/h8-9,11,13H,5-7H2,1-4H3,(H,12,14). The monoisotopic (exact) mass is 329 g/mol. The van der Waals surface area contributed by atoms with E-state index in [1.54, 1.807) is 13.8 Å². The minimum Gasteiger partial charge on any atom is -0.278 e. The molecular weight excluding hydrogens is 306 g/mol. The van der Waals surface area contributed by atoms with Gasteiger partial charge < -0.3 is 0 Å². The van der Waals surface area contributed by atoms with Crippen molar-refractivity contribution in [3.05, 3.63) is 0 Å². The van der Waals surface area contributed by atoms with Crippen LogP contribution in [-0.4, -0.2) is 40.3 Å². The first kappa shape index (κ1) is 19.3. The first-order valence-electron chi connectivity index (χ1n) is 6.23. The minimum absolute atomic E-state index is 0.0674. The summed E-state index contributed by atoms with van der Waals surface area (Å²) in [4.78, 5) is 13.3. The molecule has 0 saturated carbocycles. The van der Waals surface area contributed by atoms with Crippen molar-refractivity contribution in [3.63, 3.8) is 0 Å². The summed E-state index contributed by atoms with van der Waals surface area (Å²) < 4.78 is 47.9. The highest BCUT2D eigenvalue weighted by Gasteiger charge is 2.16. The molecular formula is C10H23N3O5S2. The first-order chi connectivity index (χ1) is 8.96. The molecule has 0 aliphatic rings. The summed E-state index contributed by atoms with van der Waals surface area (Å²) >= 11 is 0. The van der Waals surface area contributed by atoms with Crippen LogP contribution in [0.4, 0.5) is 0 Å². The normalized spacial score (nSPS) is 12.9. The predicted octanol–water partition coefficient (Wildman–Crippen LogP) is -0.689. The van der Waals surface area contributed by atoms with Crippen LogP contribution < -0.4 is 15.0 Å². The van der Waals surface area contributed by atoms with Crippen LogP contribution in [0, 0.1) is 5.92 Å². The molecule has 0 aromatic carbocycles. The molecule has 120 valence electrons. The lowest BCUT2D eigenvalue weighted by Crippen LogP contribution is -2.44. The smallest absolute Gasteiger partial charge is 0.236 e. The van der Waals surface area contributed by atoms with Gasteiger partial charge in [-0.2, -0.15) is 0 Å². The van der Waals surface area contributed by atoms with Gasteiger partial charge in [0.1, 0.15) is 0 Å². The van der Waals surface area contributed by atoms with E-state index in [0.717, 1.165) is 0 Å². The Morgan fingerprint density at radius 1 is 1.05 bits per heavy atom. The second-order valence-electron chi connectivity index (χ2n) is 5.06. The van der Waals surface area contributed by atoms with Crippen molar-refractivity contribution in [1.29, 1.82) is 0 Å². The van der Waals surface area contributed by atoms with Gasteiger partial charge >= 0.3 is 0 Å². The number of carbonyl (C=O) groups excluding carboxylic acids is 1. The van der Waals surface area contributed by atoms with Gasteiger partial charge in [0.15, 0.2) is 0 Å². The number of sulfonamides is 2. The van der Waals surface area contributed by atoms with E-state index in [2.05, 4.69) is 4.72 Å². The highest BCUT2D eigenvalue weighted by Crippen LogP contribution is 1.97. The van der Waals surface area contributed by atoms with Crippen LogP contribution in [0.2, 0.25) is 0 Å². The third-order valence-electron chi connectivity index (χ3n) is 2.17. The predicted molar refractivity (Wildman–Crippen MR) is 76.6 cm³/mol. The third kappa shape index (κ3) is 8.46. The fourth-order valence-electron chi connectivity index (χ4n) is 1.15. The van der Waals surface area contributed by atoms with Crippen LogP contribution in [0.25, 0.3) is 0 Å². The molecule has 8 nitrogen and oxygen atoms in total. The Bertz CT molecular complexity index is 511. The van der Waals surface area contributed by atoms with E-state index >= 15 is 0 Å². The van der Waals surface area contributed by atoms with E-state index in [4.69, 9.17) is 0 Å². The molecule has 0 aromatic heterocycles. The Balaban J connectivity index is 4.09. The van der Waals surface area contributed by atoms with E-state index in [-0.39, 0.29) is 24.6 Å². The molecule has 0 spiro atoms. The molecule has 0 unspecified atom stereocenters. The Labute approximate surface area is 120 Å². The highest BCUT2D eigenvalue weighted by atomic mass is 32.2. The van der Waals surface area contributed by atoms with Crippen LogP contribution >= 0.6 is 0 Å². The lowest BCUT2D eigenvalue weighted by atomic mass is 10.3. The SMILES string of the molecule is CC(C)CS(=O)(=O)NNC(=O)CCNS(=O)(=O)C(C)C. The fourth-order valence-corrected chi connectivity index (χ4v) is 3.10. The molecule has 0 aromatic rings. The molecule has 0 rings (SSSR count). The van der Waals surface area contributed by atoms with Crippen LogP contribution in [-0.2, 0) is 24.8 Å². The summed E-state index contributed by atoms with van der Waals surface area (Å²) in [5, 5.41) is -0.588. The van der Waals surface area contributed by atoms with Gasteiger partial charge in [-0.25, -0.2) is 21.6 Å². The second kappa shape index (κ2) is 7.91. The fraction of sp³-hybridized carbons (Fsp3) is 0.900. The highest BCUT2D eigenvalue weighted by molar-refractivity contribution is 7.90. The summed E-state index contributed by atoms with van der Waals surface area (Å²) in [6, 6.07) is 0. The van der Waals surface area contributed by atoms with E-state index in [1.807, 2.05) is 10.3 Å². The van der Waals surface area contributed by atoms with Crippen molar-refractivity contribution in [2.75, 3.05) is 12.3 Å². The zero-order valence-electron chi connectivity index (χ0n) is 12.1. The van der Waals surface area contributed by atoms with Gasteiger partial charge in [-0.3, -0.25) is 10.2 Å². The lowest BCUT2D eigenvalue weighted by Gasteiger charge is -2.11. The number of hydrogen-bond acceptors (Lipinski definition) is 5. The average molecular weight is 329 g/mol. The summed E-state index contributed by atoms with van der Waals surface area (Å²) in [5.74, 6) is -0.779. The van der Waals surface area contributed by atoms with E-state index in [0.29, 0.717) is 0 Å². The van der Waals surface area contributed by atoms with E-state index < -0.39 is 31.2 Å². The minimum atomic E-state index is -3.56. The zero-order chi connectivity index (χ0) is 16.0. The van der Waals surface area contributed by atoms with Gasteiger partial charge in [0.2, 0.25) is 26.0 Å². The molecule has 0 aliphatic carbocycles. The quantitative estimate of drug-likeness (QED) is 0.483. The van der Waals surface area contributed by atoms with Crippen molar-refractivity contribution in [2.45, 2.75) is 39.4 Å². The average Bonchev–Trinajstić information content (AvgIpc) is 2.24. The molecule has 0 saturated heterocycles. The molecule has 0 aliphatic heterocycles. The van der Waals surface area contributed by atoms with Crippen LogP contribution in [0.3, 0.4) is 0 Å². The number of nitrogens with one attached hydrogen (secondary N) is 3. The maximum Gasteiger partial charge on any atom is 0.236 e. The Morgan fingerprint density at radius 3 is 2.05 bits per heavy atom. The lowest BCUT2D eigenvalue weighted by molar-refractivity contribution is -0.121. The number of hydrogen-bond donors (Lipinski definition) is 3. The molecule has 1 amide bonds. The van der Waals surface area contributed by atoms with Gasteiger partial charge in [-0.1, -0.05) is 13.8 Å². The largest absolute Gasteiger partial charge is 0.278 e. The maximum absolute atomic E-state index is 11.4. The van der Waals surface area contributed by atoms with Crippen LogP contribution in [0.1, 0.15) is 34.1 Å². The van der Waals surface area contributed by atoms with Gasteiger partial charge in [0.25, 0.3) is 0 Å². The third-order valence-corrected chi connectivity index (χ3v) is 5.54. The van der Waals surface area contributed by atoms with Gasteiger partial charge in [0, 0.05) is 13.0 Å². The van der Waals surface area contributed by atoms with Gasteiger partial charge in [0.05, 0.1) is 11.0 Å². The Hall–Kier alpha value is -0.710. The van der Waals surface area contributed by atoms with Gasteiger partial charge in [-0.15, -0.1) is 4.83 Å². The first-order valence-corrected chi connectivity index (χ1v) is 9.43. The topological polar surface area (TPSA) is 121 Å². The van der Waals surface area contributed by atoms with Crippen LogP contribution in [0.5, 0.6) is 0 Å². The van der Waals surface area contributed by atoms with Crippen molar-refractivity contribution in [2.24, 2.45) is 5.92 Å². The Kier molecular flexibility index (Phi) is 7.63. The zero-order valence-corrected chi connectivity index (χ0v) is 13.8. The molecule has 3 N–H and O–H groups in total. The number of amides is 1. The van der Waals surface area contributed by atoms with Crippen molar-refractivity contribution < 1.29 is 21.6 Å². The Morgan fingerprint density at radius 2 is 1.60 bits per heavy atom. The summed E-state index contributed by atoms with van der Waals surface area (Å²) in [7, 11) is -6.99. The van der Waals surface area contributed by atoms with Gasteiger partial charge in [-0.05, 0) is 19.8 Å². The van der Waals surface area contributed by atoms with Crippen molar-refractivity contribution in [3.8, 4) is 0 Å². The number of carbonyl (C=O) groups is 1. The van der Waals surface area contributed by atoms with E-state index in [1.165, 1.54) is 13.8 Å². The molecule has 0 fully saturated rings. The molecule has 0 heterocycles. The second-order valence-corrected chi connectivity index (χ2v) is 9.15. The summed E-state index contributed by atoms with van der Waals surface area (Å²) in [5.41, 5.74) is 2.03. The molecule has 0 radical (unpaired) electrons. The van der Waals surface area contributed by atoms with Crippen LogP contribution in [0.15, 0.2) is 0 Å². The van der Waals surface area contributed by atoms with E-state index in [9.17, 15) is 21.6 Å². The van der Waals surface area contributed by atoms with Crippen molar-refractivity contribution >= 4 is 26.0 Å². The maximum atomic E-state index is 11.4. The molecule has 20 heavy (non-hydrogen) atoms. The molecule has 0 atom stereocenters. The van der Waals surface area contributed by atoms with Crippen molar-refractivity contribution in [1.82, 2.24) is 15.0 Å². The number of hydrazine groups is 1. The summed E-state index contributed by atoms with van der Waals surface area (Å²) in [6.45, 7) is 6.42. The summed E-state index contributed by atoms with van der Waals surface area (Å²) in [6.07, 6.45) is -0.157. The number of rotatable bonds is 9. The molecule has 10 heteroatoms. The molecule has 0 bridgehead atoms.